The van der Waals surface area contributed by atoms with Gasteiger partial charge in [0.15, 0.2) is 5.69 Å². The van der Waals surface area contributed by atoms with E-state index in [0.717, 1.165) is 0 Å². The van der Waals surface area contributed by atoms with Gasteiger partial charge < -0.3 is 5.11 Å². The molecule has 0 aliphatic rings. The highest BCUT2D eigenvalue weighted by Gasteiger charge is 2.13. The van der Waals surface area contributed by atoms with Crippen LogP contribution < -0.4 is 0 Å². The summed E-state index contributed by atoms with van der Waals surface area (Å²) in [4.78, 5) is 10.8. The lowest BCUT2D eigenvalue weighted by Gasteiger charge is -2.06. The number of carboxylic acid groups (broad SMARTS) is 1. The molecule has 0 aliphatic carbocycles. The van der Waals surface area contributed by atoms with Crippen molar-refractivity contribution in [2.45, 2.75) is 6.92 Å². The summed E-state index contributed by atoms with van der Waals surface area (Å²) in [6.07, 6.45) is 0. The van der Waals surface area contributed by atoms with E-state index < -0.39 is 5.97 Å². The van der Waals surface area contributed by atoms with E-state index in [-0.39, 0.29) is 5.69 Å². The first-order valence-corrected chi connectivity index (χ1v) is 5.50. The van der Waals surface area contributed by atoms with Crippen molar-refractivity contribution in [1.29, 1.82) is 0 Å². The van der Waals surface area contributed by atoms with Crippen molar-refractivity contribution in [2.24, 2.45) is 0 Å². The van der Waals surface area contributed by atoms with E-state index >= 15 is 0 Å². The van der Waals surface area contributed by atoms with Gasteiger partial charge in [-0.05, 0) is 31.2 Å². The van der Waals surface area contributed by atoms with Gasteiger partial charge in [-0.25, -0.2) is 9.48 Å². The average molecular weight is 271 g/mol. The second-order valence-corrected chi connectivity index (χ2v) is 4.33. The molecule has 0 aliphatic heterocycles. The van der Waals surface area contributed by atoms with Crippen LogP contribution in [0.15, 0.2) is 24.3 Å². The van der Waals surface area contributed by atoms with Crippen molar-refractivity contribution in [1.82, 2.24) is 9.78 Å². The van der Waals surface area contributed by atoms with E-state index in [9.17, 15) is 4.79 Å². The Balaban J connectivity index is 2.56. The third-order valence-corrected chi connectivity index (χ3v) is 2.78. The Morgan fingerprint density at radius 2 is 2.06 bits per heavy atom. The third kappa shape index (κ3) is 2.28. The van der Waals surface area contributed by atoms with Crippen molar-refractivity contribution < 1.29 is 9.90 Å². The standard InChI is InChI=1S/C11H8Cl2N2O2/c1-6-4-9(11(16)17)14-15(6)10-3-2-7(12)5-8(10)13/h2-5H,1H3,(H,16,17). The summed E-state index contributed by atoms with van der Waals surface area (Å²) in [5, 5.41) is 13.7. The van der Waals surface area contributed by atoms with Crippen LogP contribution in [0.3, 0.4) is 0 Å². The minimum Gasteiger partial charge on any atom is -0.476 e. The molecule has 1 aromatic heterocycles. The molecular weight excluding hydrogens is 263 g/mol. The monoisotopic (exact) mass is 270 g/mol. The molecule has 2 aromatic rings. The molecule has 1 N–H and O–H groups in total. The quantitative estimate of drug-likeness (QED) is 0.912. The van der Waals surface area contributed by atoms with Crippen molar-refractivity contribution >= 4 is 29.2 Å². The van der Waals surface area contributed by atoms with Crippen molar-refractivity contribution in [2.75, 3.05) is 0 Å². The number of nitrogens with zero attached hydrogens (tertiary/aromatic N) is 2. The number of hydrogen-bond acceptors (Lipinski definition) is 2. The second kappa shape index (κ2) is 4.39. The molecule has 0 spiro atoms. The zero-order valence-electron chi connectivity index (χ0n) is 8.82. The third-order valence-electron chi connectivity index (χ3n) is 2.24. The van der Waals surface area contributed by atoms with Crippen molar-refractivity contribution in [3.63, 3.8) is 0 Å². The second-order valence-electron chi connectivity index (χ2n) is 3.48. The van der Waals surface area contributed by atoms with Gasteiger partial charge in [-0.15, -0.1) is 0 Å². The molecule has 0 saturated carbocycles. The van der Waals surface area contributed by atoms with Crippen LogP contribution in [0.25, 0.3) is 5.69 Å². The van der Waals surface area contributed by atoms with Gasteiger partial charge in [-0.1, -0.05) is 23.2 Å². The summed E-state index contributed by atoms with van der Waals surface area (Å²) in [5.74, 6) is -1.07. The molecule has 88 valence electrons. The van der Waals surface area contributed by atoms with E-state index in [1.54, 1.807) is 25.1 Å². The maximum absolute atomic E-state index is 10.8. The number of halogens is 2. The number of aryl methyl sites for hydroxylation is 1. The maximum Gasteiger partial charge on any atom is 0.356 e. The minimum atomic E-state index is -1.07. The summed E-state index contributed by atoms with van der Waals surface area (Å²) in [6, 6.07) is 6.42. The fourth-order valence-electron chi connectivity index (χ4n) is 1.48. The van der Waals surface area contributed by atoms with Crippen LogP contribution in [-0.4, -0.2) is 20.9 Å². The van der Waals surface area contributed by atoms with Gasteiger partial charge in [-0.2, -0.15) is 5.10 Å². The first-order valence-electron chi connectivity index (χ1n) is 4.74. The number of benzene rings is 1. The SMILES string of the molecule is Cc1cc(C(=O)O)nn1-c1ccc(Cl)cc1Cl. The highest BCUT2D eigenvalue weighted by atomic mass is 35.5. The number of hydrogen-bond donors (Lipinski definition) is 1. The van der Waals surface area contributed by atoms with Crippen LogP contribution in [0.4, 0.5) is 0 Å². The first-order chi connectivity index (χ1) is 7.99. The molecular formula is C11H8Cl2N2O2. The fraction of sp³-hybridized carbons (Fsp3) is 0.0909. The highest BCUT2D eigenvalue weighted by molar-refractivity contribution is 6.35. The summed E-state index contributed by atoms with van der Waals surface area (Å²) >= 11 is 11.8. The molecule has 0 atom stereocenters. The zero-order valence-corrected chi connectivity index (χ0v) is 10.3. The van der Waals surface area contributed by atoms with Gasteiger partial charge in [-0.3, -0.25) is 0 Å². The van der Waals surface area contributed by atoms with Gasteiger partial charge >= 0.3 is 5.97 Å². The number of carboxylic acids is 1. The topological polar surface area (TPSA) is 55.1 Å². The van der Waals surface area contributed by atoms with Gasteiger partial charge in [0, 0.05) is 10.7 Å². The average Bonchev–Trinajstić information content (AvgIpc) is 2.61. The molecule has 0 saturated heterocycles. The highest BCUT2D eigenvalue weighted by Crippen LogP contribution is 2.25. The Morgan fingerprint density at radius 1 is 1.35 bits per heavy atom. The van der Waals surface area contributed by atoms with E-state index in [4.69, 9.17) is 28.3 Å². The molecule has 2 rings (SSSR count). The maximum atomic E-state index is 10.8. The first kappa shape index (κ1) is 12.0. The van der Waals surface area contributed by atoms with Gasteiger partial charge in [0.2, 0.25) is 0 Å². The minimum absolute atomic E-state index is 0.0199. The Labute approximate surface area is 107 Å². The fourth-order valence-corrected chi connectivity index (χ4v) is 1.96. The van der Waals surface area contributed by atoms with Crippen molar-refractivity contribution in [3.8, 4) is 5.69 Å². The molecule has 0 fully saturated rings. The van der Waals surface area contributed by atoms with E-state index in [1.807, 2.05) is 0 Å². The molecule has 0 radical (unpaired) electrons. The number of carbonyl (C=O) groups is 1. The van der Waals surface area contributed by atoms with Gasteiger partial charge in [0.25, 0.3) is 0 Å². The van der Waals surface area contributed by atoms with E-state index in [2.05, 4.69) is 5.10 Å². The van der Waals surface area contributed by atoms with Crippen LogP contribution in [0.2, 0.25) is 10.0 Å². The number of rotatable bonds is 2. The Bertz CT molecular complexity index is 593. The van der Waals surface area contributed by atoms with Crippen LogP contribution in [0.1, 0.15) is 16.2 Å². The Morgan fingerprint density at radius 3 is 2.59 bits per heavy atom. The number of aromatic carboxylic acids is 1. The lowest BCUT2D eigenvalue weighted by atomic mass is 10.3. The van der Waals surface area contributed by atoms with Crippen LogP contribution in [0.5, 0.6) is 0 Å². The van der Waals surface area contributed by atoms with Crippen LogP contribution in [-0.2, 0) is 0 Å². The predicted molar refractivity (Wildman–Crippen MR) is 65.3 cm³/mol. The normalized spacial score (nSPS) is 10.5. The van der Waals surface area contributed by atoms with Crippen LogP contribution >= 0.6 is 23.2 Å². The van der Waals surface area contributed by atoms with Crippen molar-refractivity contribution in [3.05, 3.63) is 45.7 Å². The largest absolute Gasteiger partial charge is 0.476 e. The van der Waals surface area contributed by atoms with E-state index in [0.29, 0.717) is 21.4 Å². The number of aromatic nitrogens is 2. The Kier molecular flexibility index (Phi) is 3.09. The molecule has 6 heteroatoms. The zero-order chi connectivity index (χ0) is 12.6. The Hall–Kier alpha value is -1.52. The lowest BCUT2D eigenvalue weighted by molar-refractivity contribution is 0.0690. The van der Waals surface area contributed by atoms with E-state index in [1.165, 1.54) is 10.7 Å². The summed E-state index contributed by atoms with van der Waals surface area (Å²) < 4.78 is 1.47. The smallest absolute Gasteiger partial charge is 0.356 e. The van der Waals surface area contributed by atoms with Gasteiger partial charge in [0.1, 0.15) is 0 Å². The molecule has 0 amide bonds. The molecule has 0 unspecified atom stereocenters. The lowest BCUT2D eigenvalue weighted by Crippen LogP contribution is -2.02. The molecule has 1 heterocycles. The van der Waals surface area contributed by atoms with Gasteiger partial charge in [0.05, 0.1) is 10.7 Å². The molecule has 0 bridgehead atoms. The molecule has 1 aromatic carbocycles. The van der Waals surface area contributed by atoms with Crippen LogP contribution in [0, 0.1) is 6.92 Å². The molecule has 4 nitrogen and oxygen atoms in total. The molecule has 17 heavy (non-hydrogen) atoms. The predicted octanol–water partition coefficient (Wildman–Crippen LogP) is 3.19. The summed E-state index contributed by atoms with van der Waals surface area (Å²) in [5.41, 5.74) is 1.27. The summed E-state index contributed by atoms with van der Waals surface area (Å²) in [7, 11) is 0. The summed E-state index contributed by atoms with van der Waals surface area (Å²) in [6.45, 7) is 1.75.